The molecule has 0 aromatic heterocycles. The predicted molar refractivity (Wildman–Crippen MR) is 133 cm³/mol. The summed E-state index contributed by atoms with van der Waals surface area (Å²) in [5, 5.41) is 37.5. The average molecular weight is 672 g/mol. The van der Waals surface area contributed by atoms with Crippen LogP contribution < -0.4 is 0 Å². The molecule has 0 spiro atoms. The van der Waals surface area contributed by atoms with E-state index < -0.39 is 137 Å². The van der Waals surface area contributed by atoms with E-state index in [9.17, 15) is 41.3 Å². The summed E-state index contributed by atoms with van der Waals surface area (Å²) in [5.41, 5.74) is -21.2. The fourth-order valence-corrected chi connectivity index (χ4v) is 4.46. The van der Waals surface area contributed by atoms with Crippen molar-refractivity contribution in [2.45, 2.75) is 0 Å². The Bertz CT molecular complexity index is 2260. The first-order valence-corrected chi connectivity index (χ1v) is 11.8. The van der Waals surface area contributed by atoms with Crippen molar-refractivity contribution in [3.05, 3.63) is 137 Å². The molecule has 0 heterocycles. The molecule has 6 nitrogen and oxygen atoms in total. The van der Waals surface area contributed by atoms with Gasteiger partial charge in [0.05, 0.1) is 41.0 Å². The van der Waals surface area contributed by atoms with Gasteiger partial charge in [-0.2, -0.15) is 21.0 Å². The minimum Gasteiger partial charge on any atom is -0.237 e. The van der Waals surface area contributed by atoms with Gasteiger partial charge in [0, 0.05) is 0 Å². The summed E-state index contributed by atoms with van der Waals surface area (Å²) >= 11 is 0. The van der Waals surface area contributed by atoms with E-state index in [4.69, 9.17) is 23.7 Å². The van der Waals surface area contributed by atoms with Gasteiger partial charge in [0.1, 0.15) is 41.2 Å². The van der Waals surface area contributed by atoms with Crippen molar-refractivity contribution < 1.29 is 52.7 Å². The fraction of sp³-hybridized carbons (Fsp3) is 0. The highest BCUT2D eigenvalue weighted by Gasteiger charge is 2.46. The lowest BCUT2D eigenvalue weighted by Crippen LogP contribution is -2.06. The highest BCUT2D eigenvalue weighted by atomic mass is 19.2. The Labute approximate surface area is 258 Å². The second-order valence-electron chi connectivity index (χ2n) is 8.89. The SMILES string of the molecule is [C-]#[N+]C(=C1C(=C(C#N)c2c(F)c(F)c(C#N)c(F)c2F)C1=C(C#N)c1c(F)c(F)c([N+]#[C-])c(F)c1F)c1c(F)c(F)c(F)c(C#N)c1F. The molecule has 48 heavy (non-hydrogen) atoms. The lowest BCUT2D eigenvalue weighted by atomic mass is 9.99. The lowest BCUT2D eigenvalue weighted by Gasteiger charge is -2.08. The maximum Gasteiger partial charge on any atom is 0.262 e. The first kappa shape index (κ1) is 33.9. The van der Waals surface area contributed by atoms with Crippen LogP contribution in [0.5, 0.6) is 0 Å². The highest BCUT2D eigenvalue weighted by molar-refractivity contribution is 6.11. The maximum atomic E-state index is 15.2. The number of nitriles is 4. The number of hydrogen-bond acceptors (Lipinski definition) is 4. The van der Waals surface area contributed by atoms with Gasteiger partial charge in [0.2, 0.25) is 5.70 Å². The molecule has 3 aromatic rings. The Morgan fingerprint density at radius 3 is 1.15 bits per heavy atom. The smallest absolute Gasteiger partial charge is 0.237 e. The van der Waals surface area contributed by atoms with Crippen LogP contribution in [0.4, 0.5) is 58.4 Å². The standard InChI is InChI=1S/C30F12N6/c1-47-29(16-17(31)9(5-45)20(34)26(40)25(16)39)15-11(7(3-43)13-21(35)18(32)10(6-46)19(33)22(13)36)12(15)8(4-44)14-23(37)27(41)30(48-2)28(42)24(14)38. The Morgan fingerprint density at radius 2 is 0.792 bits per heavy atom. The Kier molecular flexibility index (Phi) is 8.51. The summed E-state index contributed by atoms with van der Waals surface area (Å²) < 4.78 is 177. The van der Waals surface area contributed by atoms with E-state index in [0.717, 1.165) is 24.3 Å². The van der Waals surface area contributed by atoms with E-state index in [2.05, 4.69) is 9.69 Å². The van der Waals surface area contributed by atoms with E-state index >= 15 is 22.0 Å². The number of allylic oxidation sites excluding steroid dienone is 5. The van der Waals surface area contributed by atoms with Crippen LogP contribution in [0.3, 0.4) is 0 Å². The van der Waals surface area contributed by atoms with Crippen molar-refractivity contribution in [3.63, 3.8) is 0 Å². The predicted octanol–water partition coefficient (Wildman–Crippen LogP) is 8.25. The molecule has 1 aliphatic carbocycles. The second kappa shape index (κ2) is 12.1. The molecule has 0 N–H and O–H groups in total. The first-order chi connectivity index (χ1) is 22.6. The fourth-order valence-electron chi connectivity index (χ4n) is 4.46. The van der Waals surface area contributed by atoms with Crippen LogP contribution in [0.2, 0.25) is 0 Å². The molecule has 0 aliphatic heterocycles. The van der Waals surface area contributed by atoms with E-state index in [1.807, 2.05) is 0 Å². The van der Waals surface area contributed by atoms with Crippen molar-refractivity contribution >= 4 is 22.5 Å². The summed E-state index contributed by atoms with van der Waals surface area (Å²) in [5.74, 6) is -29.8. The minimum absolute atomic E-state index is 0.773. The van der Waals surface area contributed by atoms with Gasteiger partial charge in [-0.3, -0.25) is 0 Å². The third-order valence-electron chi connectivity index (χ3n) is 6.60. The van der Waals surface area contributed by atoms with Crippen molar-refractivity contribution in [1.82, 2.24) is 0 Å². The molecule has 0 amide bonds. The van der Waals surface area contributed by atoms with E-state index in [0.29, 0.717) is 0 Å². The Hall–Kier alpha value is -7.02. The normalized spacial score (nSPS) is 14.9. The number of halogens is 12. The lowest BCUT2D eigenvalue weighted by molar-refractivity contribution is 0.430. The van der Waals surface area contributed by atoms with Crippen LogP contribution in [0, 0.1) is 128 Å². The second-order valence-corrected chi connectivity index (χ2v) is 8.89. The molecule has 3 aromatic carbocycles. The van der Waals surface area contributed by atoms with Crippen molar-refractivity contribution in [3.8, 4) is 24.3 Å². The van der Waals surface area contributed by atoms with Crippen LogP contribution in [0.25, 0.3) is 26.5 Å². The van der Waals surface area contributed by atoms with Crippen LogP contribution in [-0.4, -0.2) is 0 Å². The number of rotatable bonds is 3. The highest BCUT2D eigenvalue weighted by Crippen LogP contribution is 2.58. The molecule has 0 bridgehead atoms. The minimum atomic E-state index is -2.60. The first-order valence-electron chi connectivity index (χ1n) is 11.8. The van der Waals surface area contributed by atoms with Gasteiger partial charge in [-0.1, -0.05) is 0 Å². The largest absolute Gasteiger partial charge is 0.262 e. The Balaban J connectivity index is 2.39. The molecule has 0 radical (unpaired) electrons. The zero-order chi connectivity index (χ0) is 36.1. The van der Waals surface area contributed by atoms with E-state index in [1.54, 1.807) is 0 Å². The van der Waals surface area contributed by atoms with Crippen molar-refractivity contribution in [2.75, 3.05) is 0 Å². The van der Waals surface area contributed by atoms with Crippen LogP contribution in [0.15, 0.2) is 16.7 Å². The van der Waals surface area contributed by atoms with Gasteiger partial charge in [-0.05, 0) is 16.7 Å². The summed E-state index contributed by atoms with van der Waals surface area (Å²) in [7, 11) is 0. The van der Waals surface area contributed by atoms with Crippen LogP contribution >= 0.6 is 0 Å². The zero-order valence-electron chi connectivity index (χ0n) is 22.2. The van der Waals surface area contributed by atoms with Gasteiger partial charge in [-0.15, -0.1) is 0 Å². The van der Waals surface area contributed by atoms with Crippen LogP contribution in [-0.2, 0) is 0 Å². The summed E-state index contributed by atoms with van der Waals surface area (Å²) in [4.78, 5) is 4.87. The molecule has 1 saturated carbocycles. The number of nitrogens with zero attached hydrogens (tertiary/aromatic N) is 6. The third-order valence-corrected chi connectivity index (χ3v) is 6.60. The van der Waals surface area contributed by atoms with E-state index in [1.165, 1.54) is 0 Å². The van der Waals surface area contributed by atoms with E-state index in [-0.39, 0.29) is 0 Å². The Morgan fingerprint density at radius 1 is 0.438 bits per heavy atom. The molecule has 0 atom stereocenters. The topological polar surface area (TPSA) is 104 Å². The number of benzene rings is 3. The van der Waals surface area contributed by atoms with Gasteiger partial charge < -0.3 is 0 Å². The van der Waals surface area contributed by atoms with Crippen molar-refractivity contribution in [2.24, 2.45) is 0 Å². The van der Waals surface area contributed by atoms with Crippen molar-refractivity contribution in [1.29, 1.82) is 21.0 Å². The molecular formula is C30F12N6. The molecule has 234 valence electrons. The maximum absolute atomic E-state index is 15.2. The van der Waals surface area contributed by atoms with Gasteiger partial charge in [0.15, 0.2) is 64.0 Å². The van der Waals surface area contributed by atoms with Gasteiger partial charge in [0.25, 0.3) is 5.69 Å². The zero-order valence-corrected chi connectivity index (χ0v) is 22.2. The third kappa shape index (κ3) is 4.57. The molecule has 18 heteroatoms. The number of hydrogen-bond donors (Lipinski definition) is 0. The van der Waals surface area contributed by atoms with Gasteiger partial charge in [-0.25, -0.2) is 62.4 Å². The van der Waals surface area contributed by atoms with Crippen LogP contribution in [0.1, 0.15) is 27.8 Å². The average Bonchev–Trinajstić information content (AvgIpc) is 3.78. The van der Waals surface area contributed by atoms with Gasteiger partial charge >= 0.3 is 0 Å². The molecular weight excluding hydrogens is 672 g/mol. The quantitative estimate of drug-likeness (QED) is 0.0919. The molecule has 1 aliphatic rings. The molecule has 0 unspecified atom stereocenters. The molecule has 0 saturated heterocycles. The summed E-state index contributed by atoms with van der Waals surface area (Å²) in [6, 6.07) is 3.52. The summed E-state index contributed by atoms with van der Waals surface area (Å²) in [6.07, 6.45) is 0. The molecule has 4 rings (SSSR count). The summed E-state index contributed by atoms with van der Waals surface area (Å²) in [6.45, 7) is 14.1. The molecule has 1 fully saturated rings. The monoisotopic (exact) mass is 672 g/mol.